The lowest BCUT2D eigenvalue weighted by Crippen LogP contribution is -1.98. The quantitative estimate of drug-likeness (QED) is 0.612. The van der Waals surface area contributed by atoms with Crippen LogP contribution in [0.5, 0.6) is 0 Å². The summed E-state index contributed by atoms with van der Waals surface area (Å²) in [6.45, 7) is 6.18. The predicted molar refractivity (Wildman–Crippen MR) is 67.3 cm³/mol. The minimum Gasteiger partial charge on any atom is -0.476 e. The summed E-state index contributed by atoms with van der Waals surface area (Å²) in [4.78, 5) is 16.2. The van der Waals surface area contributed by atoms with Gasteiger partial charge in [0.2, 0.25) is 10.7 Å². The molecule has 4 heteroatoms. The second-order valence-electron chi connectivity index (χ2n) is 3.85. The van der Waals surface area contributed by atoms with Gasteiger partial charge in [-0.2, -0.15) is 4.98 Å². The number of carbonyl (C=O) groups is 1. The van der Waals surface area contributed by atoms with Crippen LogP contribution < -0.4 is 0 Å². The molecule has 0 aliphatic heterocycles. The highest BCUT2D eigenvalue weighted by atomic mass is 32.2. The van der Waals surface area contributed by atoms with Crippen LogP contribution in [0.15, 0.2) is 0 Å². The number of carboxylic acids is 1. The average Bonchev–Trinajstić information content (AvgIpc) is 2.55. The molecule has 0 aliphatic rings. The topological polar surface area (TPSA) is 50.2 Å². The third-order valence-corrected chi connectivity index (χ3v) is 5.08. The molecule has 16 heavy (non-hydrogen) atoms. The largest absolute Gasteiger partial charge is 0.476 e. The molecule has 0 aromatic carbocycles. The van der Waals surface area contributed by atoms with Crippen LogP contribution in [0.25, 0.3) is 0 Å². The maximum atomic E-state index is 11.0. The van der Waals surface area contributed by atoms with E-state index in [-0.39, 0.29) is 16.2 Å². The average molecular weight is 242 g/mol. The third-order valence-electron chi connectivity index (χ3n) is 2.71. The first kappa shape index (κ1) is 13.2. The van der Waals surface area contributed by atoms with Crippen LogP contribution in [-0.2, 0) is 12.2 Å². The zero-order valence-corrected chi connectivity index (χ0v) is 11.1. The maximum absolute atomic E-state index is 11.0. The first-order valence-electron chi connectivity index (χ1n) is 5.84. The van der Waals surface area contributed by atoms with E-state index in [2.05, 4.69) is 18.8 Å². The summed E-state index contributed by atoms with van der Waals surface area (Å²) in [7, 11) is -0.0221. The third kappa shape index (κ3) is 2.82. The second kappa shape index (κ2) is 5.99. The van der Waals surface area contributed by atoms with E-state index in [4.69, 9.17) is 5.11 Å². The van der Waals surface area contributed by atoms with Gasteiger partial charge in [-0.25, -0.2) is 4.79 Å². The Bertz CT molecular complexity index is 371. The molecule has 3 nitrogen and oxygen atoms in total. The van der Waals surface area contributed by atoms with Crippen LogP contribution in [0.1, 0.15) is 53.5 Å². The van der Waals surface area contributed by atoms with Gasteiger partial charge in [-0.05, 0) is 13.3 Å². The van der Waals surface area contributed by atoms with Crippen molar-refractivity contribution in [3.8, 4) is 0 Å². The van der Waals surface area contributed by atoms with Gasteiger partial charge in [0, 0.05) is 23.8 Å². The molecule has 0 amide bonds. The van der Waals surface area contributed by atoms with Gasteiger partial charge in [-0.3, -0.25) is 0 Å². The van der Waals surface area contributed by atoms with Crippen molar-refractivity contribution >= 4 is 16.4 Å². The SMILES string of the molecule is CCCCCc1nc(C(=O)O)c(C)[s+]1CC. The Hall–Kier alpha value is -0.900. The lowest BCUT2D eigenvalue weighted by atomic mass is 10.2. The summed E-state index contributed by atoms with van der Waals surface area (Å²) in [5.74, 6) is 0.0991. The summed E-state index contributed by atoms with van der Waals surface area (Å²) in [6, 6.07) is 0. The van der Waals surface area contributed by atoms with Crippen molar-refractivity contribution < 1.29 is 9.90 Å². The Morgan fingerprint density at radius 3 is 2.56 bits per heavy atom. The van der Waals surface area contributed by atoms with Gasteiger partial charge in [0.15, 0.2) is 4.88 Å². The van der Waals surface area contributed by atoms with Crippen LogP contribution in [0.3, 0.4) is 0 Å². The zero-order chi connectivity index (χ0) is 12.1. The van der Waals surface area contributed by atoms with Crippen molar-refractivity contribution in [3.63, 3.8) is 0 Å². The Morgan fingerprint density at radius 1 is 1.38 bits per heavy atom. The minimum atomic E-state index is -0.881. The van der Waals surface area contributed by atoms with E-state index in [1.807, 2.05) is 6.92 Å². The smallest absolute Gasteiger partial charge is 0.360 e. The number of aromatic nitrogens is 1. The summed E-state index contributed by atoms with van der Waals surface area (Å²) >= 11 is 0. The zero-order valence-electron chi connectivity index (χ0n) is 10.2. The molecule has 0 fully saturated rings. The summed E-state index contributed by atoms with van der Waals surface area (Å²) in [5.41, 5.74) is 0.289. The maximum Gasteiger partial charge on any atom is 0.360 e. The number of thiazole rings is 1. The predicted octanol–water partition coefficient (Wildman–Crippen LogP) is 3.59. The van der Waals surface area contributed by atoms with Crippen LogP contribution in [0.2, 0.25) is 0 Å². The molecule has 0 bridgehead atoms. The standard InChI is InChI=1S/C12H19NO2S/c1-4-6-7-8-10-13-11(12(14)15)9(3)16(10)5-2/h4-8H2,1-3H3/p+1. The minimum absolute atomic E-state index is 0.0221. The van der Waals surface area contributed by atoms with Gasteiger partial charge < -0.3 is 5.11 Å². The highest BCUT2D eigenvalue weighted by molar-refractivity contribution is 7.30. The lowest BCUT2D eigenvalue weighted by molar-refractivity contribution is 0.0690. The van der Waals surface area contributed by atoms with Gasteiger partial charge in [-0.15, -0.1) is 0 Å². The fourth-order valence-corrected chi connectivity index (χ4v) is 3.92. The molecule has 1 atom stereocenters. The molecule has 1 heterocycles. The van der Waals surface area contributed by atoms with Gasteiger partial charge in [0.05, 0.1) is 0 Å². The molecule has 0 spiro atoms. The lowest BCUT2D eigenvalue weighted by Gasteiger charge is -1.93. The Morgan fingerprint density at radius 2 is 2.06 bits per heavy atom. The van der Waals surface area contributed by atoms with Crippen molar-refractivity contribution in [2.75, 3.05) is 0 Å². The fourth-order valence-electron chi connectivity index (χ4n) is 1.84. The Balaban J connectivity index is 2.90. The van der Waals surface area contributed by atoms with Gasteiger partial charge in [0.1, 0.15) is 5.75 Å². The normalized spacial score (nSPS) is 11.8. The van der Waals surface area contributed by atoms with Gasteiger partial charge in [0.25, 0.3) is 0 Å². The number of hydrogen-bond donors (Lipinski definition) is 1. The second-order valence-corrected chi connectivity index (χ2v) is 6.29. The summed E-state index contributed by atoms with van der Waals surface area (Å²) in [6.07, 6.45) is 4.46. The number of hydrogen-bond acceptors (Lipinski definition) is 2. The monoisotopic (exact) mass is 242 g/mol. The molecule has 0 aliphatic carbocycles. The molecule has 1 aromatic rings. The molecule has 1 aromatic heterocycles. The van der Waals surface area contributed by atoms with Crippen molar-refractivity contribution in [1.29, 1.82) is 0 Å². The molecular formula is C12H20NO2S+. The highest BCUT2D eigenvalue weighted by Gasteiger charge is 2.27. The van der Waals surface area contributed by atoms with E-state index in [9.17, 15) is 4.79 Å². The van der Waals surface area contributed by atoms with E-state index >= 15 is 0 Å². The number of nitrogens with zero attached hydrogens (tertiary/aromatic N) is 1. The van der Waals surface area contributed by atoms with E-state index in [0.717, 1.165) is 28.5 Å². The first-order valence-corrected chi connectivity index (χ1v) is 7.23. The van der Waals surface area contributed by atoms with Crippen LogP contribution >= 0.6 is 10.5 Å². The number of unbranched alkanes of at least 4 members (excludes halogenated alkanes) is 2. The van der Waals surface area contributed by atoms with Crippen molar-refractivity contribution in [2.24, 2.45) is 0 Å². The number of rotatable bonds is 6. The Labute approximate surface area is 99.5 Å². The number of carboxylic acid groups (broad SMARTS) is 1. The summed E-state index contributed by atoms with van der Waals surface area (Å²) < 4.78 is 0. The van der Waals surface area contributed by atoms with Crippen LogP contribution in [0.4, 0.5) is 0 Å². The molecule has 90 valence electrons. The molecule has 0 saturated heterocycles. The molecule has 1 unspecified atom stereocenters. The van der Waals surface area contributed by atoms with Crippen molar-refractivity contribution in [3.05, 3.63) is 15.6 Å². The fraction of sp³-hybridized carbons (Fsp3) is 0.667. The molecular weight excluding hydrogens is 222 g/mol. The van der Waals surface area contributed by atoms with E-state index in [1.54, 1.807) is 0 Å². The van der Waals surface area contributed by atoms with E-state index in [0.29, 0.717) is 0 Å². The first-order chi connectivity index (χ1) is 7.61. The number of aryl methyl sites for hydroxylation is 1. The molecule has 1 N–H and O–H groups in total. The van der Waals surface area contributed by atoms with Crippen molar-refractivity contribution in [1.82, 2.24) is 4.98 Å². The molecule has 0 radical (unpaired) electrons. The van der Waals surface area contributed by atoms with E-state index < -0.39 is 5.97 Å². The van der Waals surface area contributed by atoms with E-state index in [1.165, 1.54) is 12.8 Å². The van der Waals surface area contributed by atoms with Gasteiger partial charge >= 0.3 is 5.97 Å². The highest BCUT2D eigenvalue weighted by Crippen LogP contribution is 2.32. The molecule has 0 saturated carbocycles. The van der Waals surface area contributed by atoms with Gasteiger partial charge in [-0.1, -0.05) is 19.8 Å². The van der Waals surface area contributed by atoms with Crippen LogP contribution in [0, 0.1) is 6.92 Å². The van der Waals surface area contributed by atoms with Crippen LogP contribution in [-0.4, -0.2) is 16.1 Å². The molecule has 1 rings (SSSR count). The summed E-state index contributed by atoms with van der Waals surface area (Å²) in [5, 5.41) is 10.1. The number of aromatic carboxylic acids is 1. The Kier molecular flexibility index (Phi) is 4.93. The van der Waals surface area contributed by atoms with Crippen molar-refractivity contribution in [2.45, 2.75) is 52.2 Å².